The quantitative estimate of drug-likeness (QED) is 0.722. The van der Waals surface area contributed by atoms with Crippen molar-refractivity contribution >= 4 is 5.69 Å². The maximum absolute atomic E-state index is 8.72. The molecule has 1 aromatic heterocycles. The summed E-state index contributed by atoms with van der Waals surface area (Å²) in [6.07, 6.45) is 6.61. The third-order valence-electron chi connectivity index (χ3n) is 2.79. The Morgan fingerprint density at radius 3 is 2.24 bits per heavy atom. The summed E-state index contributed by atoms with van der Waals surface area (Å²) in [6, 6.07) is 5.84. The van der Waals surface area contributed by atoms with E-state index in [1.165, 1.54) is 25.7 Å². The van der Waals surface area contributed by atoms with E-state index in [1.54, 1.807) is 6.07 Å². The molecule has 0 saturated carbocycles. The highest BCUT2D eigenvalue weighted by molar-refractivity contribution is 5.45. The van der Waals surface area contributed by atoms with Crippen LogP contribution in [0.5, 0.6) is 0 Å². The molecule has 0 fully saturated rings. The van der Waals surface area contributed by atoms with Gasteiger partial charge in [-0.05, 0) is 25.0 Å². The van der Waals surface area contributed by atoms with Gasteiger partial charge in [0.15, 0.2) is 0 Å². The van der Waals surface area contributed by atoms with E-state index in [0.29, 0.717) is 5.69 Å². The zero-order chi connectivity index (χ0) is 12.5. The minimum absolute atomic E-state index is 0.486. The summed E-state index contributed by atoms with van der Waals surface area (Å²) in [6.45, 7) is 6.55. The lowest BCUT2D eigenvalue weighted by molar-refractivity contribution is 0.677. The van der Waals surface area contributed by atoms with Gasteiger partial charge in [0, 0.05) is 13.1 Å². The number of aromatic nitrogens is 1. The smallest absolute Gasteiger partial charge is 0.140 e. The van der Waals surface area contributed by atoms with Crippen LogP contribution in [0.15, 0.2) is 18.3 Å². The topological polar surface area (TPSA) is 39.9 Å². The lowest BCUT2D eigenvalue weighted by Crippen LogP contribution is -2.25. The van der Waals surface area contributed by atoms with Crippen LogP contribution in [-0.2, 0) is 0 Å². The molecule has 0 aliphatic heterocycles. The molecule has 0 N–H and O–H groups in total. The fourth-order valence-electron chi connectivity index (χ4n) is 1.71. The second-order valence-electron chi connectivity index (χ2n) is 4.21. The lowest BCUT2D eigenvalue weighted by Gasteiger charge is -2.24. The van der Waals surface area contributed by atoms with Crippen molar-refractivity contribution in [3.05, 3.63) is 24.0 Å². The molecule has 0 amide bonds. The minimum Gasteiger partial charge on any atom is -0.370 e. The van der Waals surface area contributed by atoms with Crippen LogP contribution in [0.3, 0.4) is 0 Å². The Kier molecular flexibility index (Phi) is 6.09. The summed E-state index contributed by atoms with van der Waals surface area (Å²) in [7, 11) is 0. The number of hydrogen-bond acceptors (Lipinski definition) is 3. The van der Waals surface area contributed by atoms with E-state index in [0.717, 1.165) is 18.8 Å². The van der Waals surface area contributed by atoms with Crippen molar-refractivity contribution in [1.29, 1.82) is 5.26 Å². The van der Waals surface area contributed by atoms with Crippen LogP contribution < -0.4 is 4.90 Å². The molecule has 1 heterocycles. The summed E-state index contributed by atoms with van der Waals surface area (Å²) in [5, 5.41) is 8.72. The van der Waals surface area contributed by atoms with Crippen molar-refractivity contribution in [2.24, 2.45) is 0 Å². The molecule has 0 saturated heterocycles. The van der Waals surface area contributed by atoms with Crippen molar-refractivity contribution in [1.82, 2.24) is 4.98 Å². The summed E-state index contributed by atoms with van der Waals surface area (Å²) >= 11 is 0. The Morgan fingerprint density at radius 2 is 1.82 bits per heavy atom. The van der Waals surface area contributed by atoms with Gasteiger partial charge < -0.3 is 4.90 Å². The fourth-order valence-corrected chi connectivity index (χ4v) is 1.71. The van der Waals surface area contributed by atoms with Gasteiger partial charge in [-0.2, -0.15) is 5.26 Å². The number of unbranched alkanes of at least 4 members (excludes halogenated alkanes) is 2. The SMILES string of the molecule is CCCCN(CCCC)c1ccc(C#N)nc1. The van der Waals surface area contributed by atoms with E-state index in [4.69, 9.17) is 5.26 Å². The average molecular weight is 231 g/mol. The molecule has 0 radical (unpaired) electrons. The number of nitriles is 1. The standard InChI is InChI=1S/C14H21N3/c1-3-5-9-17(10-6-4-2)14-8-7-13(11-15)16-12-14/h7-8,12H,3-6,9-10H2,1-2H3. The molecule has 0 aliphatic carbocycles. The first-order valence-electron chi connectivity index (χ1n) is 6.43. The van der Waals surface area contributed by atoms with Crippen LogP contribution in [0.4, 0.5) is 5.69 Å². The second kappa shape index (κ2) is 7.67. The molecule has 1 rings (SSSR count). The maximum Gasteiger partial charge on any atom is 0.140 e. The van der Waals surface area contributed by atoms with Crippen LogP contribution in [-0.4, -0.2) is 18.1 Å². The number of pyridine rings is 1. The van der Waals surface area contributed by atoms with Crippen LogP contribution in [0.25, 0.3) is 0 Å². The molecule has 0 spiro atoms. The molecule has 0 aliphatic rings. The molecule has 0 unspecified atom stereocenters. The molecule has 3 heteroatoms. The number of anilines is 1. The number of rotatable bonds is 7. The van der Waals surface area contributed by atoms with Crippen LogP contribution >= 0.6 is 0 Å². The molecule has 0 aromatic carbocycles. The summed E-state index contributed by atoms with van der Waals surface area (Å²) in [5.41, 5.74) is 1.62. The fraction of sp³-hybridized carbons (Fsp3) is 0.571. The van der Waals surface area contributed by atoms with Gasteiger partial charge in [0.1, 0.15) is 11.8 Å². The Morgan fingerprint density at radius 1 is 1.18 bits per heavy atom. The Hall–Kier alpha value is -1.56. The van der Waals surface area contributed by atoms with E-state index in [1.807, 2.05) is 18.3 Å². The largest absolute Gasteiger partial charge is 0.370 e. The van der Waals surface area contributed by atoms with Crippen molar-refractivity contribution in [3.8, 4) is 6.07 Å². The van der Waals surface area contributed by atoms with E-state index >= 15 is 0 Å². The predicted octanol–water partition coefficient (Wildman–Crippen LogP) is 3.36. The third-order valence-corrected chi connectivity index (χ3v) is 2.79. The highest BCUT2D eigenvalue weighted by Gasteiger charge is 2.05. The Balaban J connectivity index is 2.69. The van der Waals surface area contributed by atoms with Crippen LogP contribution in [0.2, 0.25) is 0 Å². The molecule has 0 bridgehead atoms. The van der Waals surface area contributed by atoms with Crippen LogP contribution in [0, 0.1) is 11.3 Å². The normalized spacial score (nSPS) is 9.94. The van der Waals surface area contributed by atoms with E-state index in [-0.39, 0.29) is 0 Å². The number of hydrogen-bond donors (Lipinski definition) is 0. The van der Waals surface area contributed by atoms with Gasteiger partial charge in [0.05, 0.1) is 11.9 Å². The average Bonchev–Trinajstić information content (AvgIpc) is 2.39. The molecular weight excluding hydrogens is 210 g/mol. The van der Waals surface area contributed by atoms with E-state index < -0.39 is 0 Å². The van der Waals surface area contributed by atoms with E-state index in [2.05, 4.69) is 23.7 Å². The van der Waals surface area contributed by atoms with Gasteiger partial charge in [-0.15, -0.1) is 0 Å². The molecule has 92 valence electrons. The Labute approximate surface area is 104 Å². The van der Waals surface area contributed by atoms with Crippen molar-refractivity contribution in [3.63, 3.8) is 0 Å². The van der Waals surface area contributed by atoms with Crippen LogP contribution in [0.1, 0.15) is 45.2 Å². The zero-order valence-corrected chi connectivity index (χ0v) is 10.8. The summed E-state index contributed by atoms with van der Waals surface area (Å²) < 4.78 is 0. The molecular formula is C14H21N3. The first-order valence-corrected chi connectivity index (χ1v) is 6.43. The van der Waals surface area contributed by atoms with Crippen molar-refractivity contribution < 1.29 is 0 Å². The predicted molar refractivity (Wildman–Crippen MR) is 71.0 cm³/mol. The molecule has 3 nitrogen and oxygen atoms in total. The second-order valence-corrected chi connectivity index (χ2v) is 4.21. The summed E-state index contributed by atoms with van der Waals surface area (Å²) in [4.78, 5) is 6.49. The highest BCUT2D eigenvalue weighted by atomic mass is 15.1. The first-order chi connectivity index (χ1) is 8.31. The van der Waals surface area contributed by atoms with Gasteiger partial charge in [0.2, 0.25) is 0 Å². The van der Waals surface area contributed by atoms with Crippen molar-refractivity contribution in [2.75, 3.05) is 18.0 Å². The first kappa shape index (κ1) is 13.5. The molecule has 0 atom stereocenters. The van der Waals surface area contributed by atoms with Gasteiger partial charge >= 0.3 is 0 Å². The monoisotopic (exact) mass is 231 g/mol. The Bertz CT molecular complexity index is 343. The third kappa shape index (κ3) is 4.44. The molecule has 17 heavy (non-hydrogen) atoms. The van der Waals surface area contributed by atoms with Gasteiger partial charge in [-0.25, -0.2) is 4.98 Å². The maximum atomic E-state index is 8.72. The van der Waals surface area contributed by atoms with Gasteiger partial charge in [0.25, 0.3) is 0 Å². The van der Waals surface area contributed by atoms with Gasteiger partial charge in [-0.3, -0.25) is 0 Å². The zero-order valence-electron chi connectivity index (χ0n) is 10.8. The summed E-state index contributed by atoms with van der Waals surface area (Å²) in [5.74, 6) is 0. The highest BCUT2D eigenvalue weighted by Crippen LogP contribution is 2.14. The van der Waals surface area contributed by atoms with E-state index in [9.17, 15) is 0 Å². The lowest BCUT2D eigenvalue weighted by atomic mass is 10.2. The molecule has 1 aromatic rings. The number of nitrogens with zero attached hydrogens (tertiary/aromatic N) is 3. The van der Waals surface area contributed by atoms with Crippen molar-refractivity contribution in [2.45, 2.75) is 39.5 Å². The van der Waals surface area contributed by atoms with Gasteiger partial charge in [-0.1, -0.05) is 26.7 Å². The minimum atomic E-state index is 0.486.